The van der Waals surface area contributed by atoms with Crippen LogP contribution >= 0.6 is 58.8 Å². The van der Waals surface area contributed by atoms with Crippen molar-refractivity contribution < 1.29 is 68.2 Å². The fraction of sp³-hybridized carbons (Fsp3) is 0.240. The van der Waals surface area contributed by atoms with Gasteiger partial charge in [0.05, 0.1) is 44.2 Å². The number of nitrogens with zero attached hydrogens (tertiary/aromatic N) is 7. The third-order valence-electron chi connectivity index (χ3n) is 6.25. The molecule has 2 aromatic heterocycles. The highest BCUT2D eigenvalue weighted by molar-refractivity contribution is 7.99. The van der Waals surface area contributed by atoms with Crippen LogP contribution in [0.3, 0.4) is 0 Å². The van der Waals surface area contributed by atoms with Crippen molar-refractivity contribution in [2.75, 3.05) is 28.3 Å². The second-order valence-electron chi connectivity index (χ2n) is 10.2. The lowest BCUT2D eigenvalue weighted by atomic mass is 10.3. The molecule has 304 valence electrons. The highest BCUT2D eigenvalue weighted by Gasteiger charge is 2.25. The molecule has 0 spiro atoms. The lowest BCUT2D eigenvalue weighted by Crippen LogP contribution is -2.06. The number of thioether (sulfide) groups is 2. The molecule has 0 aliphatic carbocycles. The van der Waals surface area contributed by atoms with Crippen LogP contribution in [0.25, 0.3) is 5.69 Å². The average Bonchev–Trinajstić information content (AvgIpc) is 3.40. The molecular weight excluding hydrogens is 916 g/mol. The van der Waals surface area contributed by atoms with Crippen molar-refractivity contribution in [3.63, 3.8) is 0 Å². The number of hydrogen-bond donors (Lipinski definition) is 6. The zero-order chi connectivity index (χ0) is 41.3. The van der Waals surface area contributed by atoms with Gasteiger partial charge in [-0.1, -0.05) is 51.8 Å². The molecule has 2 aromatic carbocycles. The number of rotatable bonds is 21. The van der Waals surface area contributed by atoms with Crippen LogP contribution in [0, 0.1) is 0 Å². The number of hydrogen-bond acceptors (Lipinski definition) is 22. The molecule has 0 fully saturated rings. The topological polar surface area (TPSA) is 342 Å². The van der Waals surface area contributed by atoms with Gasteiger partial charge in [-0.2, -0.15) is 44.9 Å². The Balaban J connectivity index is 1.69. The Kier molecular flexibility index (Phi) is 16.0. The lowest BCUT2D eigenvalue weighted by molar-refractivity contribution is -0.432. The van der Waals surface area contributed by atoms with Crippen LogP contribution in [-0.2, 0) is 44.5 Å². The van der Waals surface area contributed by atoms with Gasteiger partial charge >= 0.3 is 0 Å². The number of benzene rings is 2. The number of halogens is 2. The van der Waals surface area contributed by atoms with Crippen molar-refractivity contribution in [2.45, 2.75) is 32.9 Å². The first-order chi connectivity index (χ1) is 26.3. The fourth-order valence-corrected chi connectivity index (χ4v) is 8.73. The van der Waals surface area contributed by atoms with Crippen LogP contribution in [0.5, 0.6) is 11.8 Å². The minimum Gasteiger partial charge on any atom is -0.491 e. The van der Waals surface area contributed by atoms with Gasteiger partial charge < -0.3 is 15.2 Å². The summed E-state index contributed by atoms with van der Waals surface area (Å²) in [6, 6.07) is 5.95. The average molecular weight is 940 g/mol. The van der Waals surface area contributed by atoms with Crippen LogP contribution in [0.1, 0.15) is 12.8 Å². The van der Waals surface area contributed by atoms with E-state index >= 15 is 0 Å². The third-order valence-corrected chi connectivity index (χ3v) is 12.0. The lowest BCUT2D eigenvalue weighted by Gasteiger charge is -2.10. The van der Waals surface area contributed by atoms with E-state index in [1.807, 2.05) is 0 Å². The molecule has 0 atom stereocenters. The molecular formula is C25H24Cl2N8O15S6. The Labute approximate surface area is 338 Å². The standard InChI is InChI=1S/C25H24Cl2N8O15S6/c26-14-11-19(56(45,46)47)15(27)10-17(14)35-22(37)20(21(34-35)48-12-36)33-32-16-9-13(3-4-18(16)53-50-49-38)28-23-29-24(51-5-1-7-54(39,40)41)31-25(30-23)52-6-2-8-55(42,43)44/h3-4,9-12,37-38H,1-2,5-8H2,(H,39,40,41)(H,42,43,44)(H,45,46,47)(H,28,29,30,31)/b33-32+. The van der Waals surface area contributed by atoms with Gasteiger partial charge in [0, 0.05) is 17.2 Å². The number of nitrogens with one attached hydrogen (secondary N) is 1. The minimum absolute atomic E-state index is 0.0454. The first-order valence-electron chi connectivity index (χ1n) is 14.6. The number of aromatic nitrogens is 5. The van der Waals surface area contributed by atoms with Crippen LogP contribution in [0.2, 0.25) is 10.0 Å². The number of azo groups is 1. The monoisotopic (exact) mass is 938 g/mol. The zero-order valence-electron chi connectivity index (χ0n) is 27.4. The predicted molar refractivity (Wildman–Crippen MR) is 200 cm³/mol. The summed E-state index contributed by atoms with van der Waals surface area (Å²) in [6.45, 7) is -0.0454. The summed E-state index contributed by atoms with van der Waals surface area (Å²) < 4.78 is 105. The van der Waals surface area contributed by atoms with Gasteiger partial charge in [-0.05, 0) is 43.2 Å². The van der Waals surface area contributed by atoms with Crippen molar-refractivity contribution in [1.29, 1.82) is 0 Å². The summed E-state index contributed by atoms with van der Waals surface area (Å²) in [5.41, 5.74) is -0.623. The minimum atomic E-state index is -4.79. The number of ether oxygens (including phenoxy) is 1. The molecule has 0 saturated carbocycles. The molecule has 4 rings (SSSR count). The van der Waals surface area contributed by atoms with E-state index in [9.17, 15) is 39.7 Å². The zero-order valence-corrected chi connectivity index (χ0v) is 33.8. The van der Waals surface area contributed by atoms with Crippen molar-refractivity contribution in [3.05, 3.63) is 40.4 Å². The van der Waals surface area contributed by atoms with Crippen LogP contribution in [-0.4, -0.2) is 103 Å². The molecule has 31 heteroatoms. The highest BCUT2D eigenvalue weighted by Crippen LogP contribution is 2.43. The van der Waals surface area contributed by atoms with Crippen molar-refractivity contribution in [1.82, 2.24) is 24.7 Å². The van der Waals surface area contributed by atoms with Gasteiger partial charge in [0.25, 0.3) is 42.7 Å². The second-order valence-corrected chi connectivity index (χ2v) is 18.5. The molecule has 0 aliphatic rings. The van der Waals surface area contributed by atoms with E-state index in [0.29, 0.717) is 16.7 Å². The quantitative estimate of drug-likeness (QED) is 0.00916. The summed E-state index contributed by atoms with van der Waals surface area (Å²) in [4.78, 5) is 23.6. The molecule has 2 heterocycles. The number of carbonyl (C=O) groups excluding carboxylic acids is 1. The van der Waals surface area contributed by atoms with E-state index in [-0.39, 0.29) is 74.1 Å². The number of anilines is 2. The largest absolute Gasteiger partial charge is 0.491 e. The molecule has 0 unspecified atom stereocenters. The Morgan fingerprint density at radius 2 is 1.50 bits per heavy atom. The summed E-state index contributed by atoms with van der Waals surface area (Å²) in [5.74, 6) is -2.17. The smallest absolute Gasteiger partial charge is 0.299 e. The maximum absolute atomic E-state index is 11.6. The summed E-state index contributed by atoms with van der Waals surface area (Å²) >= 11 is 14.7. The van der Waals surface area contributed by atoms with Crippen molar-refractivity contribution in [2.24, 2.45) is 10.2 Å². The first-order valence-corrected chi connectivity index (χ1v) is 22.7. The molecule has 4 aromatic rings. The van der Waals surface area contributed by atoms with Gasteiger partial charge in [-0.15, -0.1) is 19.7 Å². The Morgan fingerprint density at radius 3 is 2.05 bits per heavy atom. The van der Waals surface area contributed by atoms with Gasteiger partial charge in [-0.3, -0.25) is 18.5 Å². The summed E-state index contributed by atoms with van der Waals surface area (Å²) in [7, 11) is -13.2. The number of carbonyl (C=O) groups is 1. The molecule has 6 N–H and O–H groups in total. The van der Waals surface area contributed by atoms with E-state index < -0.39 is 69.2 Å². The Bertz CT molecular complexity index is 2380. The fourth-order valence-electron chi connectivity index (χ4n) is 4.00. The molecule has 0 radical (unpaired) electrons. The molecule has 0 aliphatic heterocycles. The molecule has 56 heavy (non-hydrogen) atoms. The SMILES string of the molecule is O=COc1nn(-c2cc(Cl)c(S(=O)(=O)O)cc2Cl)c(O)c1/N=N/c1cc(Nc2nc(SCCCS(=O)(=O)O)nc(SCCCS(=O)(=O)O)n2)ccc1SOOO. The molecule has 0 amide bonds. The Hall–Kier alpha value is -3.43. The maximum Gasteiger partial charge on any atom is 0.299 e. The van der Waals surface area contributed by atoms with Crippen molar-refractivity contribution in [3.8, 4) is 17.4 Å². The first kappa shape index (κ1) is 45.3. The maximum atomic E-state index is 11.6. The Morgan fingerprint density at radius 1 is 0.875 bits per heavy atom. The molecule has 0 saturated heterocycles. The van der Waals surface area contributed by atoms with E-state index in [1.54, 1.807) is 0 Å². The van der Waals surface area contributed by atoms with Gasteiger partial charge in [0.1, 0.15) is 10.6 Å². The van der Waals surface area contributed by atoms with E-state index in [0.717, 1.165) is 35.7 Å². The summed E-state index contributed by atoms with van der Waals surface area (Å²) in [6.07, 6.45) is 0.105. The second kappa shape index (κ2) is 19.8. The number of aromatic hydroxyl groups is 1. The van der Waals surface area contributed by atoms with Crippen LogP contribution in [0.15, 0.2) is 60.7 Å². The van der Waals surface area contributed by atoms with Gasteiger partial charge in [-0.25, -0.2) is 5.26 Å². The highest BCUT2D eigenvalue weighted by atomic mass is 35.5. The van der Waals surface area contributed by atoms with Crippen LogP contribution < -0.4 is 10.1 Å². The molecule has 0 bridgehead atoms. The normalized spacial score (nSPS) is 12.3. The van der Waals surface area contributed by atoms with E-state index in [2.05, 4.69) is 45.0 Å². The van der Waals surface area contributed by atoms with Crippen molar-refractivity contribution >= 4 is 119 Å². The van der Waals surface area contributed by atoms with Gasteiger partial charge in [0.15, 0.2) is 10.3 Å². The third kappa shape index (κ3) is 13.6. The van der Waals surface area contributed by atoms with E-state index in [1.165, 1.54) is 18.2 Å². The summed E-state index contributed by atoms with van der Waals surface area (Å²) in [5, 5.41) is 37.6. The van der Waals surface area contributed by atoms with Crippen LogP contribution in [0.4, 0.5) is 23.0 Å². The molecule has 23 nitrogen and oxygen atoms in total. The van der Waals surface area contributed by atoms with Gasteiger partial charge in [0.2, 0.25) is 17.5 Å². The van der Waals surface area contributed by atoms with E-state index in [4.69, 9.17) is 42.3 Å². The predicted octanol–water partition coefficient (Wildman–Crippen LogP) is 5.18.